The van der Waals surface area contributed by atoms with E-state index in [1.54, 1.807) is 19.1 Å². The van der Waals surface area contributed by atoms with Gasteiger partial charge in [-0.05, 0) is 31.2 Å². The molecule has 2 N–H and O–H groups in total. The standard InChI is InChI=1S/C23H26Cl2N4O3/c1-23(19-8-7-16(24)13-20(19)25)21(31)29(22(32)26-23)15-18(30)14-27-9-11-28(12-10-27)17-5-3-2-4-6-17/h2-8,13,18,30H,9-12,14-15H2,1H3,(H,26,32)/t18-,23+/m1/s1. The summed E-state index contributed by atoms with van der Waals surface area (Å²) < 4.78 is 0. The van der Waals surface area contributed by atoms with Crippen molar-refractivity contribution in [1.82, 2.24) is 15.1 Å². The van der Waals surface area contributed by atoms with E-state index >= 15 is 0 Å². The van der Waals surface area contributed by atoms with Gasteiger partial charge in [0.05, 0.1) is 12.6 Å². The van der Waals surface area contributed by atoms with Crippen molar-refractivity contribution in [3.63, 3.8) is 0 Å². The Kier molecular flexibility index (Phi) is 6.62. The molecule has 2 saturated heterocycles. The molecule has 0 aromatic heterocycles. The number of piperazine rings is 1. The summed E-state index contributed by atoms with van der Waals surface area (Å²) in [6.07, 6.45) is -0.851. The van der Waals surface area contributed by atoms with Crippen LogP contribution in [0.25, 0.3) is 0 Å². The third kappa shape index (κ3) is 4.57. The number of benzene rings is 2. The molecule has 2 heterocycles. The second-order valence-electron chi connectivity index (χ2n) is 8.37. The SMILES string of the molecule is C[C@@]1(c2ccc(Cl)cc2Cl)NC(=O)N(C[C@H](O)CN2CCN(c3ccccc3)CC2)C1=O. The van der Waals surface area contributed by atoms with Crippen molar-refractivity contribution < 1.29 is 14.7 Å². The zero-order chi connectivity index (χ0) is 22.9. The van der Waals surface area contributed by atoms with Crippen molar-refractivity contribution in [1.29, 1.82) is 0 Å². The Morgan fingerprint density at radius 2 is 1.72 bits per heavy atom. The molecule has 2 aromatic carbocycles. The van der Waals surface area contributed by atoms with Gasteiger partial charge < -0.3 is 15.3 Å². The number of carbonyl (C=O) groups is 2. The van der Waals surface area contributed by atoms with Gasteiger partial charge in [0.2, 0.25) is 0 Å². The van der Waals surface area contributed by atoms with Gasteiger partial charge in [0, 0.05) is 54.0 Å². The highest BCUT2D eigenvalue weighted by atomic mass is 35.5. The molecule has 2 aromatic rings. The van der Waals surface area contributed by atoms with Crippen LogP contribution in [0.1, 0.15) is 12.5 Å². The Bertz CT molecular complexity index is 998. The number of para-hydroxylation sites is 1. The molecule has 32 heavy (non-hydrogen) atoms. The van der Waals surface area contributed by atoms with Gasteiger partial charge in [0.15, 0.2) is 0 Å². The second-order valence-corrected chi connectivity index (χ2v) is 9.22. The number of urea groups is 1. The number of halogens is 2. The van der Waals surface area contributed by atoms with E-state index < -0.39 is 23.6 Å². The van der Waals surface area contributed by atoms with Crippen molar-refractivity contribution in [2.24, 2.45) is 0 Å². The second kappa shape index (κ2) is 9.27. The van der Waals surface area contributed by atoms with Crippen LogP contribution in [0.3, 0.4) is 0 Å². The summed E-state index contributed by atoms with van der Waals surface area (Å²) in [5.74, 6) is -0.445. The number of carbonyl (C=O) groups excluding carboxylic acids is 2. The zero-order valence-electron chi connectivity index (χ0n) is 17.8. The maximum atomic E-state index is 13.1. The molecule has 0 saturated carbocycles. The molecule has 2 aliphatic rings. The Balaban J connectivity index is 1.35. The Morgan fingerprint density at radius 1 is 1.03 bits per heavy atom. The first-order valence-electron chi connectivity index (χ1n) is 10.6. The topological polar surface area (TPSA) is 76.1 Å². The van der Waals surface area contributed by atoms with E-state index in [4.69, 9.17) is 23.2 Å². The van der Waals surface area contributed by atoms with Crippen molar-refractivity contribution >= 4 is 40.8 Å². The van der Waals surface area contributed by atoms with E-state index in [1.165, 1.54) is 11.8 Å². The van der Waals surface area contributed by atoms with Crippen molar-refractivity contribution in [2.75, 3.05) is 44.2 Å². The molecule has 0 unspecified atom stereocenters. The predicted octanol–water partition coefficient (Wildman–Crippen LogP) is 2.94. The summed E-state index contributed by atoms with van der Waals surface area (Å²) in [6.45, 7) is 5.22. The molecule has 2 aliphatic heterocycles. The van der Waals surface area contributed by atoms with Crippen molar-refractivity contribution in [3.05, 3.63) is 64.1 Å². The normalized spacial score (nSPS) is 22.9. The van der Waals surface area contributed by atoms with E-state index in [2.05, 4.69) is 27.2 Å². The van der Waals surface area contributed by atoms with Gasteiger partial charge in [-0.15, -0.1) is 0 Å². The summed E-state index contributed by atoms with van der Waals surface area (Å²) in [7, 11) is 0. The minimum absolute atomic E-state index is 0.0790. The molecule has 0 aliphatic carbocycles. The van der Waals surface area contributed by atoms with Crippen LogP contribution in [0.15, 0.2) is 48.5 Å². The number of anilines is 1. The van der Waals surface area contributed by atoms with Crippen molar-refractivity contribution in [2.45, 2.75) is 18.6 Å². The maximum absolute atomic E-state index is 13.1. The molecular weight excluding hydrogens is 451 g/mol. The third-order valence-corrected chi connectivity index (χ3v) is 6.65. The zero-order valence-corrected chi connectivity index (χ0v) is 19.3. The molecule has 0 bridgehead atoms. The van der Waals surface area contributed by atoms with Gasteiger partial charge in [-0.25, -0.2) is 4.79 Å². The lowest BCUT2D eigenvalue weighted by atomic mass is 9.92. The van der Waals surface area contributed by atoms with Gasteiger partial charge >= 0.3 is 6.03 Å². The summed E-state index contributed by atoms with van der Waals surface area (Å²) in [5, 5.41) is 14.1. The minimum Gasteiger partial charge on any atom is -0.390 e. The molecule has 2 fully saturated rings. The quantitative estimate of drug-likeness (QED) is 0.626. The summed E-state index contributed by atoms with van der Waals surface area (Å²) in [4.78, 5) is 31.2. The Labute approximate surface area is 197 Å². The number of aliphatic hydroxyl groups excluding tert-OH is 1. The molecule has 0 spiro atoms. The van der Waals surface area contributed by atoms with E-state index in [-0.39, 0.29) is 6.54 Å². The number of hydrogen-bond acceptors (Lipinski definition) is 5. The van der Waals surface area contributed by atoms with Crippen LogP contribution in [-0.4, -0.2) is 72.2 Å². The van der Waals surface area contributed by atoms with Crippen LogP contribution in [0.5, 0.6) is 0 Å². The van der Waals surface area contributed by atoms with E-state index in [0.29, 0.717) is 22.2 Å². The lowest BCUT2D eigenvalue weighted by molar-refractivity contribution is -0.132. The molecule has 3 amide bonds. The lowest BCUT2D eigenvalue weighted by Gasteiger charge is -2.37. The van der Waals surface area contributed by atoms with Gasteiger partial charge in [-0.3, -0.25) is 14.6 Å². The maximum Gasteiger partial charge on any atom is 0.325 e. The monoisotopic (exact) mass is 476 g/mol. The fourth-order valence-electron chi connectivity index (χ4n) is 4.33. The number of β-amino-alcohol motifs (C(OH)–C–C–N with tert-alkyl or cyclic N) is 1. The molecular formula is C23H26Cl2N4O3. The molecule has 9 heteroatoms. The van der Waals surface area contributed by atoms with Gasteiger partial charge in [-0.2, -0.15) is 0 Å². The summed E-state index contributed by atoms with van der Waals surface area (Å²) >= 11 is 12.2. The van der Waals surface area contributed by atoms with E-state index in [9.17, 15) is 14.7 Å². The number of aliphatic hydroxyl groups is 1. The summed E-state index contributed by atoms with van der Waals surface area (Å²) in [6, 6.07) is 14.5. The fraction of sp³-hybridized carbons (Fsp3) is 0.391. The first kappa shape index (κ1) is 22.9. The highest BCUT2D eigenvalue weighted by molar-refractivity contribution is 6.35. The number of nitrogens with one attached hydrogen (secondary N) is 1. The Hall–Kier alpha value is -2.32. The van der Waals surface area contributed by atoms with Gasteiger partial charge in [0.25, 0.3) is 5.91 Å². The number of rotatable bonds is 6. The van der Waals surface area contributed by atoms with Crippen LogP contribution >= 0.6 is 23.2 Å². The average Bonchev–Trinajstić information content (AvgIpc) is 2.98. The Morgan fingerprint density at radius 3 is 2.38 bits per heavy atom. The largest absolute Gasteiger partial charge is 0.390 e. The van der Waals surface area contributed by atoms with E-state index in [1.807, 2.05) is 18.2 Å². The third-order valence-electron chi connectivity index (χ3n) is 6.10. The van der Waals surface area contributed by atoms with Crippen LogP contribution < -0.4 is 10.2 Å². The fourth-order valence-corrected chi connectivity index (χ4v) is 4.93. The van der Waals surface area contributed by atoms with Crippen molar-refractivity contribution in [3.8, 4) is 0 Å². The van der Waals surface area contributed by atoms with E-state index in [0.717, 1.165) is 31.1 Å². The van der Waals surface area contributed by atoms with Crippen LogP contribution in [0.2, 0.25) is 10.0 Å². The first-order valence-corrected chi connectivity index (χ1v) is 11.3. The lowest BCUT2D eigenvalue weighted by Crippen LogP contribution is -2.50. The summed E-state index contributed by atoms with van der Waals surface area (Å²) in [5.41, 5.74) is 0.350. The minimum atomic E-state index is -1.31. The van der Waals surface area contributed by atoms with Gasteiger partial charge in [-0.1, -0.05) is 47.5 Å². The van der Waals surface area contributed by atoms with Gasteiger partial charge in [0.1, 0.15) is 5.54 Å². The predicted molar refractivity (Wildman–Crippen MR) is 125 cm³/mol. The van der Waals surface area contributed by atoms with Crippen LogP contribution in [0, 0.1) is 0 Å². The molecule has 0 radical (unpaired) electrons. The number of amides is 3. The number of nitrogens with zero attached hydrogens (tertiary/aromatic N) is 3. The average molecular weight is 477 g/mol. The first-order chi connectivity index (χ1) is 15.3. The molecule has 4 rings (SSSR count). The smallest absolute Gasteiger partial charge is 0.325 e. The molecule has 170 valence electrons. The number of hydrogen-bond donors (Lipinski definition) is 2. The van der Waals surface area contributed by atoms with Crippen LogP contribution in [-0.2, 0) is 10.3 Å². The molecule has 7 nitrogen and oxygen atoms in total. The van der Waals surface area contributed by atoms with Crippen LogP contribution in [0.4, 0.5) is 10.5 Å². The highest BCUT2D eigenvalue weighted by Gasteiger charge is 2.50. The number of imide groups is 1. The highest BCUT2D eigenvalue weighted by Crippen LogP contribution is 2.35. The molecule has 2 atom stereocenters.